The average Bonchev–Trinajstić information content (AvgIpc) is 3.27. The van der Waals surface area contributed by atoms with Gasteiger partial charge in [0.1, 0.15) is 0 Å². The molecule has 0 aliphatic heterocycles. The van der Waals surface area contributed by atoms with Gasteiger partial charge in [0.05, 0.1) is 5.69 Å². The van der Waals surface area contributed by atoms with Gasteiger partial charge in [-0.05, 0) is 54.8 Å². The van der Waals surface area contributed by atoms with E-state index in [2.05, 4.69) is 45.7 Å². The average molecular weight is 458 g/mol. The van der Waals surface area contributed by atoms with Crippen molar-refractivity contribution in [2.75, 3.05) is 13.6 Å². The van der Waals surface area contributed by atoms with Crippen LogP contribution in [0.15, 0.2) is 78.2 Å². The fraction of sp³-hybridized carbons (Fsp3) is 0.231. The highest BCUT2D eigenvalue weighted by Crippen LogP contribution is 2.30. The van der Waals surface area contributed by atoms with Crippen LogP contribution in [-0.2, 0) is 5.75 Å². The van der Waals surface area contributed by atoms with Crippen LogP contribution in [0.2, 0.25) is 0 Å². The number of hydrogen-bond donors (Lipinski definition) is 0. The van der Waals surface area contributed by atoms with E-state index in [9.17, 15) is 4.79 Å². The molecule has 168 valence electrons. The lowest BCUT2D eigenvalue weighted by molar-refractivity contribution is 0.0795. The summed E-state index contributed by atoms with van der Waals surface area (Å²) in [6, 6.07) is 19.9. The van der Waals surface area contributed by atoms with Crippen LogP contribution in [0.1, 0.15) is 34.8 Å². The predicted molar refractivity (Wildman–Crippen MR) is 133 cm³/mol. The van der Waals surface area contributed by atoms with Crippen LogP contribution in [0.5, 0.6) is 0 Å². The van der Waals surface area contributed by atoms with Crippen molar-refractivity contribution in [3.8, 4) is 17.1 Å². The molecule has 0 N–H and O–H groups in total. The van der Waals surface area contributed by atoms with Crippen molar-refractivity contribution in [2.45, 2.75) is 31.2 Å². The fourth-order valence-electron chi connectivity index (χ4n) is 3.63. The molecule has 7 heteroatoms. The van der Waals surface area contributed by atoms with Gasteiger partial charge < -0.3 is 4.90 Å². The van der Waals surface area contributed by atoms with Crippen LogP contribution in [0, 0.1) is 6.92 Å². The lowest BCUT2D eigenvalue weighted by Crippen LogP contribution is -2.27. The van der Waals surface area contributed by atoms with E-state index in [0.717, 1.165) is 52.1 Å². The molecule has 2 aromatic heterocycles. The second kappa shape index (κ2) is 10.4. The number of pyridine rings is 1. The van der Waals surface area contributed by atoms with Gasteiger partial charge >= 0.3 is 0 Å². The molecule has 0 aliphatic rings. The molecule has 1 amide bonds. The van der Waals surface area contributed by atoms with Gasteiger partial charge in [-0.1, -0.05) is 49.0 Å². The number of hydrogen-bond acceptors (Lipinski definition) is 5. The minimum atomic E-state index is 0.0531. The largest absolute Gasteiger partial charge is 0.342 e. The number of amides is 1. The number of para-hydroxylation sites is 1. The second-order valence-electron chi connectivity index (χ2n) is 7.88. The Hall–Kier alpha value is -3.45. The van der Waals surface area contributed by atoms with Crippen molar-refractivity contribution in [1.29, 1.82) is 0 Å². The van der Waals surface area contributed by atoms with Crippen molar-refractivity contribution in [3.05, 3.63) is 89.7 Å². The van der Waals surface area contributed by atoms with Crippen molar-refractivity contribution < 1.29 is 4.79 Å². The summed E-state index contributed by atoms with van der Waals surface area (Å²) in [4.78, 5) is 18.4. The van der Waals surface area contributed by atoms with Crippen LogP contribution in [-0.4, -0.2) is 44.1 Å². The Morgan fingerprint density at radius 3 is 2.42 bits per heavy atom. The maximum atomic E-state index is 12.5. The number of aryl methyl sites for hydroxylation is 1. The number of aromatic nitrogens is 4. The van der Waals surface area contributed by atoms with Crippen LogP contribution in [0.25, 0.3) is 17.1 Å². The maximum Gasteiger partial charge on any atom is 0.253 e. The van der Waals surface area contributed by atoms with Gasteiger partial charge in [-0.15, -0.1) is 10.2 Å². The summed E-state index contributed by atoms with van der Waals surface area (Å²) >= 11 is 1.63. The molecule has 0 fully saturated rings. The number of thioether (sulfide) groups is 1. The zero-order chi connectivity index (χ0) is 23.2. The normalized spacial score (nSPS) is 10.9. The number of benzene rings is 2. The van der Waals surface area contributed by atoms with Crippen LogP contribution in [0.3, 0.4) is 0 Å². The van der Waals surface area contributed by atoms with Gasteiger partial charge in [0.2, 0.25) is 0 Å². The summed E-state index contributed by atoms with van der Waals surface area (Å²) in [6.45, 7) is 4.91. The summed E-state index contributed by atoms with van der Waals surface area (Å²) in [5.74, 6) is 1.56. The molecule has 2 aromatic carbocycles. The van der Waals surface area contributed by atoms with E-state index in [1.807, 2.05) is 55.6 Å². The molecule has 0 atom stereocenters. The third-order valence-corrected chi connectivity index (χ3v) is 6.40. The Bertz CT molecular complexity index is 1220. The van der Waals surface area contributed by atoms with E-state index < -0.39 is 0 Å². The zero-order valence-electron chi connectivity index (χ0n) is 19.1. The number of carbonyl (C=O) groups is 1. The minimum absolute atomic E-state index is 0.0531. The van der Waals surface area contributed by atoms with Crippen LogP contribution in [0.4, 0.5) is 0 Å². The Morgan fingerprint density at radius 1 is 1.00 bits per heavy atom. The molecule has 0 saturated carbocycles. The van der Waals surface area contributed by atoms with Gasteiger partial charge in [-0.2, -0.15) is 0 Å². The Balaban J connectivity index is 1.58. The Morgan fingerprint density at radius 2 is 1.73 bits per heavy atom. The van der Waals surface area contributed by atoms with E-state index in [0.29, 0.717) is 5.56 Å². The van der Waals surface area contributed by atoms with Gasteiger partial charge in [0.25, 0.3) is 5.91 Å². The lowest BCUT2D eigenvalue weighted by atomic mass is 10.1. The van der Waals surface area contributed by atoms with E-state index >= 15 is 0 Å². The van der Waals surface area contributed by atoms with Gasteiger partial charge in [-0.25, -0.2) is 0 Å². The first-order valence-corrected chi connectivity index (χ1v) is 12.0. The van der Waals surface area contributed by atoms with E-state index in [4.69, 9.17) is 0 Å². The summed E-state index contributed by atoms with van der Waals surface area (Å²) in [7, 11) is 1.84. The first-order chi connectivity index (χ1) is 16.1. The monoisotopic (exact) mass is 457 g/mol. The molecule has 0 bridgehead atoms. The van der Waals surface area contributed by atoms with Crippen LogP contribution < -0.4 is 0 Å². The molecule has 6 nitrogen and oxygen atoms in total. The number of nitrogens with zero attached hydrogens (tertiary/aromatic N) is 5. The zero-order valence-corrected chi connectivity index (χ0v) is 19.9. The topological polar surface area (TPSA) is 63.9 Å². The van der Waals surface area contributed by atoms with Crippen molar-refractivity contribution in [1.82, 2.24) is 24.6 Å². The molecule has 4 rings (SSSR count). The van der Waals surface area contributed by atoms with Crippen molar-refractivity contribution in [3.63, 3.8) is 0 Å². The number of rotatable bonds is 8. The molecule has 0 saturated heterocycles. The predicted octanol–water partition coefficient (Wildman–Crippen LogP) is 5.41. The van der Waals surface area contributed by atoms with Gasteiger partial charge in [-0.3, -0.25) is 14.3 Å². The maximum absolute atomic E-state index is 12.5. The molecular formula is C26H27N5OS. The molecule has 0 unspecified atom stereocenters. The molecule has 0 radical (unpaired) electrons. The molecule has 4 aromatic rings. The summed E-state index contributed by atoms with van der Waals surface area (Å²) < 4.78 is 2.10. The SMILES string of the molecule is CCCN(C)C(=O)c1ccc(CSc2nnc(-c3ccncc3)n2-c2ccccc2C)cc1. The Kier molecular flexibility index (Phi) is 7.19. The third kappa shape index (κ3) is 5.14. The highest BCUT2D eigenvalue weighted by molar-refractivity contribution is 7.98. The Labute approximate surface area is 198 Å². The lowest BCUT2D eigenvalue weighted by Gasteiger charge is -2.16. The fourth-order valence-corrected chi connectivity index (χ4v) is 4.53. The quantitative estimate of drug-likeness (QED) is 0.331. The summed E-state index contributed by atoms with van der Waals surface area (Å²) in [5, 5.41) is 9.83. The standard InChI is InChI=1S/C26H27N5OS/c1-4-17-30(3)25(32)22-11-9-20(10-12-22)18-33-26-29-28-24(21-13-15-27-16-14-21)31(26)23-8-6-5-7-19(23)2/h5-16H,4,17-18H2,1-3H3. The first-order valence-electron chi connectivity index (χ1n) is 11.0. The van der Waals surface area contributed by atoms with Crippen molar-refractivity contribution >= 4 is 17.7 Å². The summed E-state index contributed by atoms with van der Waals surface area (Å²) in [6.07, 6.45) is 4.47. The molecule has 0 spiro atoms. The van der Waals surface area contributed by atoms with E-state index in [-0.39, 0.29) is 5.91 Å². The van der Waals surface area contributed by atoms with Crippen molar-refractivity contribution in [2.24, 2.45) is 0 Å². The van der Waals surface area contributed by atoms with E-state index in [1.165, 1.54) is 0 Å². The third-order valence-electron chi connectivity index (χ3n) is 5.40. The molecule has 0 aliphatic carbocycles. The smallest absolute Gasteiger partial charge is 0.253 e. The van der Waals surface area contributed by atoms with Gasteiger partial charge in [0.15, 0.2) is 11.0 Å². The highest BCUT2D eigenvalue weighted by Gasteiger charge is 2.18. The molecule has 33 heavy (non-hydrogen) atoms. The molecule has 2 heterocycles. The first kappa shape index (κ1) is 22.7. The second-order valence-corrected chi connectivity index (χ2v) is 8.82. The van der Waals surface area contributed by atoms with Gasteiger partial charge in [0, 0.05) is 42.9 Å². The molecular weight excluding hydrogens is 430 g/mol. The van der Waals surface area contributed by atoms with E-state index in [1.54, 1.807) is 29.1 Å². The summed E-state index contributed by atoms with van der Waals surface area (Å²) in [5.41, 5.74) is 5.00. The van der Waals surface area contributed by atoms with Crippen LogP contribution >= 0.6 is 11.8 Å². The number of carbonyl (C=O) groups excluding carboxylic acids is 1. The highest BCUT2D eigenvalue weighted by atomic mass is 32.2. The minimum Gasteiger partial charge on any atom is -0.342 e.